The van der Waals surface area contributed by atoms with Gasteiger partial charge in [-0.3, -0.25) is 0 Å². The summed E-state index contributed by atoms with van der Waals surface area (Å²) in [5.74, 6) is 4.34. The minimum absolute atomic E-state index is 0.0952. The number of hydrogen-bond acceptors (Lipinski definition) is 7. The summed E-state index contributed by atoms with van der Waals surface area (Å²) in [7, 11) is 0.628. The number of aromatic nitrogens is 5. The fourth-order valence-electron chi connectivity index (χ4n) is 3.52. The normalized spacial score (nSPS) is 14.6. The van der Waals surface area contributed by atoms with Gasteiger partial charge in [0, 0.05) is 36.9 Å². The van der Waals surface area contributed by atoms with Crippen LogP contribution in [0, 0.1) is 0 Å². The average molecular weight is 506 g/mol. The zero-order valence-corrected chi connectivity index (χ0v) is 19.7. The van der Waals surface area contributed by atoms with Crippen molar-refractivity contribution in [3.8, 4) is 11.4 Å². The highest BCUT2D eigenvalue weighted by molar-refractivity contribution is 8.31. The highest BCUT2D eigenvalue weighted by Gasteiger charge is 2.18. The number of nitrogens with one attached hydrogen (secondary N) is 2. The van der Waals surface area contributed by atoms with Gasteiger partial charge in [0.1, 0.15) is 39.5 Å². The van der Waals surface area contributed by atoms with Crippen molar-refractivity contribution in [2.75, 3.05) is 34.8 Å². The Bertz CT molecular complexity index is 1340. The van der Waals surface area contributed by atoms with Crippen molar-refractivity contribution in [3.63, 3.8) is 0 Å². The van der Waals surface area contributed by atoms with Crippen molar-refractivity contribution >= 4 is 71.4 Å². The van der Waals surface area contributed by atoms with E-state index in [4.69, 9.17) is 23.2 Å². The van der Waals surface area contributed by atoms with Crippen molar-refractivity contribution in [1.82, 2.24) is 24.9 Å². The predicted molar refractivity (Wildman–Crippen MR) is 132 cm³/mol. The molecular formula is C20H17Cl2N7OS2. The summed E-state index contributed by atoms with van der Waals surface area (Å²) in [4.78, 5) is 23.3. The monoisotopic (exact) mass is 505 g/mol. The molecule has 1 saturated heterocycles. The van der Waals surface area contributed by atoms with E-state index in [1.54, 1.807) is 24.4 Å². The van der Waals surface area contributed by atoms with E-state index in [-0.39, 0.29) is 9.45 Å². The fourth-order valence-corrected chi connectivity index (χ4v) is 6.14. The Labute approximate surface area is 199 Å². The van der Waals surface area contributed by atoms with E-state index >= 15 is 0 Å². The van der Waals surface area contributed by atoms with Crippen LogP contribution in [0.1, 0.15) is 0 Å². The molecular weight excluding hydrogens is 489 g/mol. The van der Waals surface area contributed by atoms with Gasteiger partial charge in [-0.2, -0.15) is 0 Å². The second-order valence-corrected chi connectivity index (χ2v) is 11.5. The topological polar surface area (TPSA) is 99.7 Å². The largest absolute Gasteiger partial charge is 0.355 e. The van der Waals surface area contributed by atoms with E-state index in [0.29, 0.717) is 38.6 Å². The summed E-state index contributed by atoms with van der Waals surface area (Å²) in [6.45, 7) is 1.62. The first kappa shape index (κ1) is 21.3. The zero-order valence-electron chi connectivity index (χ0n) is 16.6. The third-order valence-corrected chi connectivity index (χ3v) is 8.78. The quantitative estimate of drug-likeness (QED) is 0.431. The molecule has 1 aliphatic rings. The number of rotatable bonds is 4. The molecule has 3 aromatic heterocycles. The Morgan fingerprint density at radius 1 is 1.09 bits per heavy atom. The van der Waals surface area contributed by atoms with Gasteiger partial charge in [0.2, 0.25) is 0 Å². The van der Waals surface area contributed by atoms with Crippen LogP contribution in [0.25, 0.3) is 22.4 Å². The number of pyridine rings is 1. The Morgan fingerprint density at radius 2 is 1.88 bits per heavy atom. The molecule has 1 fully saturated rings. The van der Waals surface area contributed by atoms with Gasteiger partial charge in [0.25, 0.3) is 0 Å². The Hall–Kier alpha value is -2.53. The molecule has 0 bridgehead atoms. The molecule has 12 heteroatoms. The lowest BCUT2D eigenvalue weighted by Gasteiger charge is -2.28. The van der Waals surface area contributed by atoms with Crippen molar-refractivity contribution in [2.24, 2.45) is 0 Å². The molecule has 4 aromatic rings. The summed E-state index contributed by atoms with van der Waals surface area (Å²) < 4.78 is 11.1. The van der Waals surface area contributed by atoms with E-state index in [2.05, 4.69) is 35.1 Å². The lowest BCUT2D eigenvalue weighted by molar-refractivity contribution is 0.701. The first-order valence-corrected chi connectivity index (χ1v) is 13.3. The second kappa shape index (κ2) is 9.14. The summed E-state index contributed by atoms with van der Waals surface area (Å²) >= 11 is 12.7. The van der Waals surface area contributed by atoms with Crippen molar-refractivity contribution in [2.45, 2.75) is 0 Å². The van der Waals surface area contributed by atoms with Gasteiger partial charge in [-0.1, -0.05) is 38.7 Å². The molecule has 164 valence electrons. The molecule has 0 radical (unpaired) electrons. The molecule has 5 rings (SSSR count). The van der Waals surface area contributed by atoms with Gasteiger partial charge in [0.05, 0.1) is 21.1 Å². The molecule has 0 unspecified atom stereocenters. The summed E-state index contributed by atoms with van der Waals surface area (Å²) in [5, 5.41) is 4.29. The van der Waals surface area contributed by atoms with Gasteiger partial charge >= 0.3 is 0 Å². The fraction of sp³-hybridized carbons (Fsp3) is 0.200. The van der Waals surface area contributed by atoms with Crippen LogP contribution in [0.15, 0.2) is 42.9 Å². The summed E-state index contributed by atoms with van der Waals surface area (Å²) in [6, 6.07) is 9.04. The molecule has 0 amide bonds. The zero-order chi connectivity index (χ0) is 22.1. The molecule has 8 nitrogen and oxygen atoms in total. The number of halogens is 2. The summed E-state index contributed by atoms with van der Waals surface area (Å²) in [5.41, 5.74) is 2.08. The minimum atomic E-state index is -0.0952. The van der Waals surface area contributed by atoms with E-state index in [1.165, 1.54) is 6.33 Å². The van der Waals surface area contributed by atoms with Crippen LogP contribution in [-0.4, -0.2) is 53.7 Å². The van der Waals surface area contributed by atoms with Crippen LogP contribution < -0.4 is 10.2 Å². The van der Waals surface area contributed by atoms with Crippen LogP contribution in [0.3, 0.4) is 0 Å². The Kier molecular flexibility index (Phi) is 6.09. The highest BCUT2D eigenvalue weighted by atomic mass is 35.5. The molecule has 1 aliphatic heterocycles. The van der Waals surface area contributed by atoms with Crippen LogP contribution >= 0.6 is 23.2 Å². The van der Waals surface area contributed by atoms with Crippen molar-refractivity contribution in [1.29, 1.82) is 0 Å². The smallest absolute Gasteiger partial charge is 0.157 e. The molecule has 2 N–H and O–H groups in total. The number of imidazole rings is 1. The molecule has 1 aromatic carbocycles. The number of anilines is 3. The number of H-pyrrole nitrogens is 1. The first-order chi connectivity index (χ1) is 15.6. The molecule has 0 spiro atoms. The van der Waals surface area contributed by atoms with Gasteiger partial charge in [0.15, 0.2) is 5.82 Å². The van der Waals surface area contributed by atoms with E-state index in [1.807, 2.05) is 12.1 Å². The SMILES string of the molecule is O=S=S1CCN(c2cc(Nc3nccc4nc(-c5c(Cl)cccc5Cl)[nH]c34)ncn2)CC1. The molecule has 0 saturated carbocycles. The lowest BCUT2D eigenvalue weighted by atomic mass is 10.2. The lowest BCUT2D eigenvalue weighted by Crippen LogP contribution is -2.38. The van der Waals surface area contributed by atoms with Crippen LogP contribution in [0.2, 0.25) is 10.0 Å². The number of benzene rings is 1. The van der Waals surface area contributed by atoms with Gasteiger partial charge < -0.3 is 15.2 Å². The Balaban J connectivity index is 1.45. The maximum Gasteiger partial charge on any atom is 0.157 e. The van der Waals surface area contributed by atoms with Gasteiger partial charge in [-0.15, -0.1) is 0 Å². The molecule has 32 heavy (non-hydrogen) atoms. The number of fused-ring (bicyclic) bond motifs is 1. The number of aromatic amines is 1. The summed E-state index contributed by atoms with van der Waals surface area (Å²) in [6.07, 6.45) is 3.20. The minimum Gasteiger partial charge on any atom is -0.355 e. The molecule has 4 heterocycles. The second-order valence-electron chi connectivity index (χ2n) is 7.03. The standard InChI is InChI=1S/C20H17Cl2N7OS2/c21-12-2-1-3-13(22)17(12)19-26-14-4-5-23-20(18(14)28-19)27-15-10-16(25-11-24-15)29-6-8-32(31-30)9-7-29/h1-5,10-11H,6-9H2,(H,26,28)(H,23,24,25,27). The Morgan fingerprint density at radius 3 is 2.62 bits per heavy atom. The highest BCUT2D eigenvalue weighted by Crippen LogP contribution is 2.35. The van der Waals surface area contributed by atoms with Crippen LogP contribution in [0.5, 0.6) is 0 Å². The molecule has 0 atom stereocenters. The average Bonchev–Trinajstić information content (AvgIpc) is 3.24. The van der Waals surface area contributed by atoms with Crippen molar-refractivity contribution < 1.29 is 4.21 Å². The molecule has 0 aliphatic carbocycles. The van der Waals surface area contributed by atoms with E-state index in [9.17, 15) is 4.21 Å². The predicted octanol–water partition coefficient (Wildman–Crippen LogP) is 4.03. The maximum atomic E-state index is 11.1. The third-order valence-electron chi connectivity index (χ3n) is 5.10. The number of hydrogen-bond donors (Lipinski definition) is 2. The first-order valence-electron chi connectivity index (χ1n) is 9.73. The third kappa shape index (κ3) is 4.23. The van der Waals surface area contributed by atoms with E-state index in [0.717, 1.165) is 46.2 Å². The van der Waals surface area contributed by atoms with Gasteiger partial charge in [-0.05, 0) is 18.2 Å². The number of nitrogens with zero attached hydrogens (tertiary/aromatic N) is 5. The van der Waals surface area contributed by atoms with Crippen LogP contribution in [-0.2, 0) is 19.7 Å². The van der Waals surface area contributed by atoms with Gasteiger partial charge in [-0.25, -0.2) is 24.1 Å². The van der Waals surface area contributed by atoms with Crippen LogP contribution in [0.4, 0.5) is 17.5 Å². The van der Waals surface area contributed by atoms with E-state index < -0.39 is 0 Å². The van der Waals surface area contributed by atoms with Crippen molar-refractivity contribution in [3.05, 3.63) is 52.9 Å². The maximum absolute atomic E-state index is 11.1.